The predicted molar refractivity (Wildman–Crippen MR) is 105 cm³/mol. The number of fused-ring (bicyclic) bond motifs is 1. The van der Waals surface area contributed by atoms with Gasteiger partial charge in [-0.05, 0) is 38.3 Å². The summed E-state index contributed by atoms with van der Waals surface area (Å²) in [6.45, 7) is 10.8. The van der Waals surface area contributed by atoms with Crippen LogP contribution in [0.5, 0.6) is 0 Å². The maximum Gasteiger partial charge on any atom is 0.141 e. The van der Waals surface area contributed by atoms with E-state index >= 15 is 0 Å². The fraction of sp³-hybridized carbons (Fsp3) is 0.400. The Morgan fingerprint density at radius 3 is 2.62 bits per heavy atom. The average Bonchev–Trinajstić information content (AvgIpc) is 3.00. The average molecular weight is 340 g/mol. The summed E-state index contributed by atoms with van der Waals surface area (Å²) < 4.78 is 0. The molecule has 126 valence electrons. The Balaban J connectivity index is 2.16. The molecular weight excluding hydrogens is 314 g/mol. The topological polar surface area (TPSA) is 29.0 Å². The zero-order valence-electron chi connectivity index (χ0n) is 15.0. The van der Waals surface area contributed by atoms with Crippen molar-refractivity contribution in [3.63, 3.8) is 0 Å². The van der Waals surface area contributed by atoms with E-state index in [1.807, 2.05) is 0 Å². The van der Waals surface area contributed by atoms with Crippen molar-refractivity contribution in [2.45, 2.75) is 40.5 Å². The molecule has 0 saturated carbocycles. The minimum absolute atomic E-state index is 0.967. The Labute approximate surface area is 148 Å². The van der Waals surface area contributed by atoms with Crippen molar-refractivity contribution in [1.82, 2.24) is 9.97 Å². The van der Waals surface area contributed by atoms with Gasteiger partial charge in [-0.15, -0.1) is 11.3 Å². The van der Waals surface area contributed by atoms with Gasteiger partial charge in [-0.3, -0.25) is 0 Å². The van der Waals surface area contributed by atoms with E-state index in [4.69, 9.17) is 0 Å². The van der Waals surface area contributed by atoms with Gasteiger partial charge in [0.1, 0.15) is 17.0 Å². The van der Waals surface area contributed by atoms with E-state index in [1.54, 1.807) is 17.7 Å². The van der Waals surface area contributed by atoms with Gasteiger partial charge in [-0.1, -0.05) is 37.1 Å². The molecule has 1 aromatic carbocycles. The van der Waals surface area contributed by atoms with Gasteiger partial charge in [0.15, 0.2) is 0 Å². The number of hydrogen-bond donors (Lipinski definition) is 0. The third kappa shape index (κ3) is 3.16. The Morgan fingerprint density at radius 1 is 1.08 bits per heavy atom. The molecule has 3 aromatic rings. The van der Waals surface area contributed by atoms with Crippen LogP contribution in [-0.4, -0.2) is 23.1 Å². The zero-order chi connectivity index (χ0) is 17.1. The van der Waals surface area contributed by atoms with E-state index in [2.05, 4.69) is 66.1 Å². The maximum atomic E-state index is 4.66. The Morgan fingerprint density at radius 2 is 1.92 bits per heavy atom. The maximum absolute atomic E-state index is 4.66. The smallest absolute Gasteiger partial charge is 0.141 e. The summed E-state index contributed by atoms with van der Waals surface area (Å²) in [5.41, 5.74) is 5.15. The lowest BCUT2D eigenvalue weighted by molar-refractivity contribution is 0.726. The molecule has 3 nitrogen and oxygen atoms in total. The van der Waals surface area contributed by atoms with Crippen LogP contribution in [0.2, 0.25) is 0 Å². The first-order chi connectivity index (χ1) is 11.7. The van der Waals surface area contributed by atoms with Crippen LogP contribution in [0.15, 0.2) is 29.9 Å². The SMILES string of the molecule is CCCCN(CC)c1ncnc2scc(-c3ccc(C)cc3C)c12. The number of aryl methyl sites for hydroxylation is 2. The highest BCUT2D eigenvalue weighted by Crippen LogP contribution is 2.39. The quantitative estimate of drug-likeness (QED) is 0.585. The number of anilines is 1. The van der Waals surface area contributed by atoms with Gasteiger partial charge in [0.2, 0.25) is 0 Å². The molecule has 0 saturated heterocycles. The van der Waals surface area contributed by atoms with Crippen molar-refractivity contribution in [3.05, 3.63) is 41.0 Å². The minimum Gasteiger partial charge on any atom is -0.356 e. The van der Waals surface area contributed by atoms with Gasteiger partial charge >= 0.3 is 0 Å². The highest BCUT2D eigenvalue weighted by molar-refractivity contribution is 7.17. The first-order valence-corrected chi connectivity index (χ1v) is 9.58. The predicted octanol–water partition coefficient (Wildman–Crippen LogP) is 5.60. The van der Waals surface area contributed by atoms with Gasteiger partial charge in [-0.25, -0.2) is 9.97 Å². The zero-order valence-corrected chi connectivity index (χ0v) is 15.8. The number of thiophene rings is 1. The molecule has 0 aliphatic rings. The molecule has 3 rings (SSSR count). The third-order valence-electron chi connectivity index (χ3n) is 4.49. The standard InChI is InChI=1S/C20H25N3S/c1-5-7-10-23(6-2)19-18-17(12-24-20(18)22-13-21-19)16-9-8-14(3)11-15(16)4/h8-9,11-13H,5-7,10H2,1-4H3. The van der Waals surface area contributed by atoms with E-state index in [9.17, 15) is 0 Å². The highest BCUT2D eigenvalue weighted by Gasteiger charge is 2.17. The fourth-order valence-corrected chi connectivity index (χ4v) is 4.08. The summed E-state index contributed by atoms with van der Waals surface area (Å²) in [5, 5.41) is 3.43. The van der Waals surface area contributed by atoms with Gasteiger partial charge < -0.3 is 4.90 Å². The molecule has 2 aromatic heterocycles. The second-order valence-corrected chi connectivity index (χ2v) is 7.14. The van der Waals surface area contributed by atoms with Crippen molar-refractivity contribution < 1.29 is 0 Å². The summed E-state index contributed by atoms with van der Waals surface area (Å²) in [7, 11) is 0. The number of unbranched alkanes of at least 4 members (excludes halogenated alkanes) is 1. The summed E-state index contributed by atoms with van der Waals surface area (Å²) in [6.07, 6.45) is 4.08. The van der Waals surface area contributed by atoms with Crippen LogP contribution in [0, 0.1) is 13.8 Å². The second-order valence-electron chi connectivity index (χ2n) is 6.28. The number of hydrogen-bond acceptors (Lipinski definition) is 4. The third-order valence-corrected chi connectivity index (χ3v) is 5.37. The van der Waals surface area contributed by atoms with Crippen LogP contribution in [0.3, 0.4) is 0 Å². The lowest BCUT2D eigenvalue weighted by Crippen LogP contribution is -2.25. The molecule has 2 heterocycles. The van der Waals surface area contributed by atoms with Crippen LogP contribution in [0.4, 0.5) is 5.82 Å². The molecule has 0 unspecified atom stereocenters. The largest absolute Gasteiger partial charge is 0.356 e. The van der Waals surface area contributed by atoms with Gasteiger partial charge in [0.25, 0.3) is 0 Å². The molecular formula is C20H25N3S. The molecule has 0 spiro atoms. The monoisotopic (exact) mass is 339 g/mol. The second kappa shape index (κ2) is 7.31. The summed E-state index contributed by atoms with van der Waals surface area (Å²) in [6, 6.07) is 6.66. The van der Waals surface area contributed by atoms with E-state index in [-0.39, 0.29) is 0 Å². The van der Waals surface area contributed by atoms with E-state index in [0.717, 1.165) is 23.7 Å². The first-order valence-electron chi connectivity index (χ1n) is 8.70. The molecule has 4 heteroatoms. The Bertz CT molecular complexity index is 838. The molecule has 24 heavy (non-hydrogen) atoms. The van der Waals surface area contributed by atoms with Crippen molar-refractivity contribution in [1.29, 1.82) is 0 Å². The normalized spacial score (nSPS) is 11.2. The van der Waals surface area contributed by atoms with Gasteiger partial charge in [-0.2, -0.15) is 0 Å². The molecule has 0 radical (unpaired) electrons. The molecule has 0 N–H and O–H groups in total. The number of rotatable bonds is 6. The lowest BCUT2D eigenvalue weighted by Gasteiger charge is -2.23. The van der Waals surface area contributed by atoms with Gasteiger partial charge in [0.05, 0.1) is 5.39 Å². The Kier molecular flexibility index (Phi) is 5.14. The van der Waals surface area contributed by atoms with Crippen molar-refractivity contribution in [3.8, 4) is 11.1 Å². The molecule has 0 fully saturated rings. The molecule has 0 aliphatic carbocycles. The first kappa shape index (κ1) is 16.9. The molecule has 0 amide bonds. The highest BCUT2D eigenvalue weighted by atomic mass is 32.1. The summed E-state index contributed by atoms with van der Waals surface area (Å²) >= 11 is 1.71. The molecule has 0 bridgehead atoms. The summed E-state index contributed by atoms with van der Waals surface area (Å²) in [5.74, 6) is 1.08. The van der Waals surface area contributed by atoms with Gasteiger partial charge in [0, 0.05) is 24.0 Å². The van der Waals surface area contributed by atoms with Crippen LogP contribution < -0.4 is 4.90 Å². The number of nitrogens with zero attached hydrogens (tertiary/aromatic N) is 3. The molecule has 0 aliphatic heterocycles. The number of aromatic nitrogens is 2. The van der Waals surface area contributed by atoms with Crippen LogP contribution in [-0.2, 0) is 0 Å². The van der Waals surface area contributed by atoms with Crippen molar-refractivity contribution in [2.75, 3.05) is 18.0 Å². The van der Waals surface area contributed by atoms with Crippen molar-refractivity contribution in [2.24, 2.45) is 0 Å². The fourth-order valence-electron chi connectivity index (χ4n) is 3.18. The number of benzene rings is 1. The minimum atomic E-state index is 0.967. The van der Waals surface area contributed by atoms with E-state index in [0.29, 0.717) is 0 Å². The van der Waals surface area contributed by atoms with Crippen LogP contribution in [0.1, 0.15) is 37.8 Å². The van der Waals surface area contributed by atoms with Crippen molar-refractivity contribution >= 4 is 27.4 Å². The van der Waals surface area contributed by atoms with E-state index < -0.39 is 0 Å². The van der Waals surface area contributed by atoms with Crippen LogP contribution >= 0.6 is 11.3 Å². The van der Waals surface area contributed by atoms with Crippen LogP contribution in [0.25, 0.3) is 21.3 Å². The Hall–Kier alpha value is -1.94. The van der Waals surface area contributed by atoms with E-state index in [1.165, 1.54) is 40.5 Å². The molecule has 0 atom stereocenters. The lowest BCUT2D eigenvalue weighted by atomic mass is 9.99. The summed E-state index contributed by atoms with van der Waals surface area (Å²) in [4.78, 5) is 12.6.